The third-order valence-electron chi connectivity index (χ3n) is 1.38. The Labute approximate surface area is 77.9 Å². The highest BCUT2D eigenvalue weighted by molar-refractivity contribution is 7.80. The Balaban J connectivity index is 2.41. The SMILES string of the molecule is COCOCc1cccc(S)c1. The van der Waals surface area contributed by atoms with Gasteiger partial charge in [-0.3, -0.25) is 0 Å². The highest BCUT2D eigenvalue weighted by Gasteiger charge is 1.92. The van der Waals surface area contributed by atoms with Gasteiger partial charge in [-0.25, -0.2) is 0 Å². The van der Waals surface area contributed by atoms with Gasteiger partial charge in [-0.2, -0.15) is 0 Å². The highest BCUT2D eigenvalue weighted by Crippen LogP contribution is 2.09. The van der Waals surface area contributed by atoms with Crippen LogP contribution in [0.25, 0.3) is 0 Å². The molecule has 0 atom stereocenters. The molecule has 0 aliphatic heterocycles. The third-order valence-corrected chi connectivity index (χ3v) is 1.66. The van der Waals surface area contributed by atoms with Crippen molar-refractivity contribution in [2.45, 2.75) is 11.5 Å². The Kier molecular flexibility index (Phi) is 4.14. The summed E-state index contributed by atoms with van der Waals surface area (Å²) >= 11 is 4.21. The molecule has 3 heteroatoms. The second kappa shape index (κ2) is 5.19. The molecule has 0 aliphatic rings. The van der Waals surface area contributed by atoms with Crippen LogP contribution in [-0.2, 0) is 16.1 Å². The fourth-order valence-electron chi connectivity index (χ4n) is 0.889. The summed E-state index contributed by atoms with van der Waals surface area (Å²) in [6.45, 7) is 0.902. The number of benzene rings is 1. The van der Waals surface area contributed by atoms with E-state index in [0.29, 0.717) is 13.4 Å². The Hall–Kier alpha value is -0.510. The number of rotatable bonds is 4. The molecule has 12 heavy (non-hydrogen) atoms. The van der Waals surface area contributed by atoms with Crippen LogP contribution in [0.2, 0.25) is 0 Å². The molecule has 0 saturated heterocycles. The Bertz CT molecular complexity index is 238. The van der Waals surface area contributed by atoms with E-state index in [1.54, 1.807) is 7.11 Å². The Morgan fingerprint density at radius 2 is 2.25 bits per heavy atom. The molecule has 1 aromatic rings. The van der Waals surface area contributed by atoms with Gasteiger partial charge in [0.1, 0.15) is 6.79 Å². The van der Waals surface area contributed by atoms with Gasteiger partial charge in [0.05, 0.1) is 6.61 Å². The van der Waals surface area contributed by atoms with Crippen LogP contribution in [0.4, 0.5) is 0 Å². The molecule has 0 fully saturated rings. The summed E-state index contributed by atoms with van der Waals surface area (Å²) in [5, 5.41) is 0. The summed E-state index contributed by atoms with van der Waals surface area (Å²) in [4.78, 5) is 0.952. The zero-order chi connectivity index (χ0) is 8.81. The largest absolute Gasteiger partial charge is 0.359 e. The van der Waals surface area contributed by atoms with E-state index < -0.39 is 0 Å². The smallest absolute Gasteiger partial charge is 0.146 e. The van der Waals surface area contributed by atoms with E-state index >= 15 is 0 Å². The van der Waals surface area contributed by atoms with Crippen molar-refractivity contribution >= 4 is 12.6 Å². The summed E-state index contributed by atoms with van der Waals surface area (Å²) in [6, 6.07) is 7.85. The third kappa shape index (κ3) is 3.26. The Morgan fingerprint density at radius 1 is 1.42 bits per heavy atom. The number of hydrogen-bond acceptors (Lipinski definition) is 3. The molecule has 0 unspecified atom stereocenters. The molecule has 0 amide bonds. The minimum atomic E-state index is 0.330. The average Bonchev–Trinajstić information content (AvgIpc) is 2.05. The normalized spacial score (nSPS) is 10.2. The maximum Gasteiger partial charge on any atom is 0.146 e. The van der Waals surface area contributed by atoms with Crippen molar-refractivity contribution in [2.75, 3.05) is 13.9 Å². The average molecular weight is 184 g/mol. The second-order valence-electron chi connectivity index (χ2n) is 2.42. The van der Waals surface area contributed by atoms with Crippen LogP contribution in [-0.4, -0.2) is 13.9 Å². The molecule has 1 aromatic carbocycles. The topological polar surface area (TPSA) is 18.5 Å². The number of hydrogen-bond donors (Lipinski definition) is 1. The van der Waals surface area contributed by atoms with Gasteiger partial charge in [0.2, 0.25) is 0 Å². The quantitative estimate of drug-likeness (QED) is 0.439. The van der Waals surface area contributed by atoms with E-state index in [9.17, 15) is 0 Å². The van der Waals surface area contributed by atoms with Crippen molar-refractivity contribution in [1.29, 1.82) is 0 Å². The van der Waals surface area contributed by atoms with Crippen molar-refractivity contribution in [3.05, 3.63) is 29.8 Å². The molecule has 2 nitrogen and oxygen atoms in total. The number of ether oxygens (including phenoxy) is 2. The lowest BCUT2D eigenvalue weighted by Crippen LogP contribution is -1.96. The summed E-state index contributed by atoms with van der Waals surface area (Å²) in [5.41, 5.74) is 1.11. The van der Waals surface area contributed by atoms with Crippen molar-refractivity contribution in [2.24, 2.45) is 0 Å². The van der Waals surface area contributed by atoms with Gasteiger partial charge in [-0.15, -0.1) is 12.6 Å². The second-order valence-corrected chi connectivity index (χ2v) is 2.94. The van der Waals surface area contributed by atoms with Crippen molar-refractivity contribution in [3.63, 3.8) is 0 Å². The molecule has 0 heterocycles. The lowest BCUT2D eigenvalue weighted by Gasteiger charge is -2.02. The van der Waals surface area contributed by atoms with Gasteiger partial charge in [0, 0.05) is 12.0 Å². The van der Waals surface area contributed by atoms with E-state index in [2.05, 4.69) is 12.6 Å². The molecule has 0 saturated carbocycles. The summed E-state index contributed by atoms with van der Waals surface area (Å²) in [6.07, 6.45) is 0. The van der Waals surface area contributed by atoms with Crippen LogP contribution in [0, 0.1) is 0 Å². The van der Waals surface area contributed by atoms with Crippen molar-refractivity contribution < 1.29 is 9.47 Å². The lowest BCUT2D eigenvalue weighted by atomic mass is 10.2. The fraction of sp³-hybridized carbons (Fsp3) is 0.333. The van der Waals surface area contributed by atoms with Gasteiger partial charge >= 0.3 is 0 Å². The van der Waals surface area contributed by atoms with E-state index in [1.807, 2.05) is 24.3 Å². The number of thiol groups is 1. The zero-order valence-corrected chi connectivity index (χ0v) is 7.88. The van der Waals surface area contributed by atoms with Gasteiger partial charge in [-0.05, 0) is 17.7 Å². The molecule has 1 rings (SSSR count). The highest BCUT2D eigenvalue weighted by atomic mass is 32.1. The van der Waals surface area contributed by atoms with Gasteiger partial charge in [0.15, 0.2) is 0 Å². The van der Waals surface area contributed by atoms with Crippen molar-refractivity contribution in [3.8, 4) is 0 Å². The molecule has 66 valence electrons. The summed E-state index contributed by atoms with van der Waals surface area (Å²) in [5.74, 6) is 0. The molecular weight excluding hydrogens is 172 g/mol. The molecule has 0 N–H and O–H groups in total. The minimum Gasteiger partial charge on any atom is -0.359 e. The van der Waals surface area contributed by atoms with E-state index in [-0.39, 0.29) is 0 Å². The maximum atomic E-state index is 5.17. The maximum absolute atomic E-state index is 5.17. The first kappa shape index (κ1) is 9.58. The van der Waals surface area contributed by atoms with Crippen molar-refractivity contribution in [1.82, 2.24) is 0 Å². The first-order chi connectivity index (χ1) is 5.83. The first-order valence-electron chi connectivity index (χ1n) is 3.67. The minimum absolute atomic E-state index is 0.330. The summed E-state index contributed by atoms with van der Waals surface area (Å²) < 4.78 is 9.92. The molecule has 0 aliphatic carbocycles. The van der Waals surface area contributed by atoms with Gasteiger partial charge in [0.25, 0.3) is 0 Å². The number of methoxy groups -OCH3 is 1. The van der Waals surface area contributed by atoms with Crippen LogP contribution in [0.1, 0.15) is 5.56 Å². The fourth-order valence-corrected chi connectivity index (χ4v) is 1.14. The predicted octanol–water partition coefficient (Wildman–Crippen LogP) is 2.10. The predicted molar refractivity (Wildman–Crippen MR) is 50.4 cm³/mol. The van der Waals surface area contributed by atoms with Crippen LogP contribution in [0.15, 0.2) is 29.2 Å². The standard InChI is InChI=1S/C9H12O2S/c1-10-7-11-6-8-3-2-4-9(12)5-8/h2-5,12H,6-7H2,1H3. The van der Waals surface area contributed by atoms with E-state index in [0.717, 1.165) is 10.5 Å². The molecule has 0 radical (unpaired) electrons. The van der Waals surface area contributed by atoms with Crippen LogP contribution in [0.3, 0.4) is 0 Å². The lowest BCUT2D eigenvalue weighted by molar-refractivity contribution is -0.0391. The van der Waals surface area contributed by atoms with E-state index in [4.69, 9.17) is 9.47 Å². The monoisotopic (exact) mass is 184 g/mol. The molecule has 0 bridgehead atoms. The summed E-state index contributed by atoms with van der Waals surface area (Å²) in [7, 11) is 1.61. The molecular formula is C9H12O2S. The van der Waals surface area contributed by atoms with Crippen LogP contribution < -0.4 is 0 Å². The van der Waals surface area contributed by atoms with Gasteiger partial charge in [-0.1, -0.05) is 12.1 Å². The van der Waals surface area contributed by atoms with Crippen LogP contribution in [0.5, 0.6) is 0 Å². The van der Waals surface area contributed by atoms with E-state index in [1.165, 1.54) is 0 Å². The first-order valence-corrected chi connectivity index (χ1v) is 4.12. The zero-order valence-electron chi connectivity index (χ0n) is 6.99. The molecule has 0 spiro atoms. The van der Waals surface area contributed by atoms with Gasteiger partial charge < -0.3 is 9.47 Å². The molecule has 0 aromatic heterocycles. The van der Waals surface area contributed by atoms with Crippen LogP contribution >= 0.6 is 12.6 Å². The Morgan fingerprint density at radius 3 is 2.92 bits per heavy atom.